The van der Waals surface area contributed by atoms with E-state index in [2.05, 4.69) is 5.32 Å². The number of rotatable bonds is 3. The molecule has 1 fully saturated rings. The zero-order valence-corrected chi connectivity index (χ0v) is 8.95. The van der Waals surface area contributed by atoms with Crippen LogP contribution in [0.15, 0.2) is 0 Å². The Kier molecular flexibility index (Phi) is 3.30. The standard InChI is InChI=1S/C7H12N2O5S/c1-2-15(13,14)9-4-6(10)8-3-5(9)7(11)12/h5H,2-4H2,1H3,(H,8,10)(H,11,12). The first-order valence-electron chi connectivity index (χ1n) is 4.37. The molecule has 1 rings (SSSR count). The second-order valence-corrected chi connectivity index (χ2v) is 5.31. The van der Waals surface area contributed by atoms with Crippen molar-refractivity contribution >= 4 is 21.9 Å². The molecule has 7 nitrogen and oxygen atoms in total. The maximum atomic E-state index is 11.5. The fraction of sp³-hybridized carbons (Fsp3) is 0.714. The Bertz CT molecular complexity index is 377. The first-order valence-corrected chi connectivity index (χ1v) is 5.98. The van der Waals surface area contributed by atoms with Gasteiger partial charge in [-0.25, -0.2) is 8.42 Å². The molecule has 1 aliphatic rings. The molecule has 0 bridgehead atoms. The molecule has 1 unspecified atom stereocenters. The van der Waals surface area contributed by atoms with E-state index in [0.29, 0.717) is 0 Å². The molecule has 0 saturated carbocycles. The molecule has 1 saturated heterocycles. The smallest absolute Gasteiger partial charge is 0.323 e. The molecular formula is C7H12N2O5S. The van der Waals surface area contributed by atoms with Crippen molar-refractivity contribution < 1.29 is 23.1 Å². The van der Waals surface area contributed by atoms with Crippen molar-refractivity contribution in [1.82, 2.24) is 9.62 Å². The minimum Gasteiger partial charge on any atom is -0.480 e. The number of carboxylic acid groups (broad SMARTS) is 1. The average molecular weight is 236 g/mol. The van der Waals surface area contributed by atoms with E-state index in [1.54, 1.807) is 0 Å². The number of sulfonamides is 1. The molecule has 0 radical (unpaired) electrons. The van der Waals surface area contributed by atoms with Crippen molar-refractivity contribution in [3.8, 4) is 0 Å². The second kappa shape index (κ2) is 4.15. The van der Waals surface area contributed by atoms with E-state index < -0.39 is 34.5 Å². The Labute approximate surface area is 87.1 Å². The molecule has 1 atom stereocenters. The highest BCUT2D eigenvalue weighted by Gasteiger charge is 2.38. The molecular weight excluding hydrogens is 224 g/mol. The number of nitrogens with zero attached hydrogens (tertiary/aromatic N) is 1. The molecule has 0 aromatic rings. The van der Waals surface area contributed by atoms with Crippen LogP contribution in [0, 0.1) is 0 Å². The van der Waals surface area contributed by atoms with Gasteiger partial charge in [0.25, 0.3) is 0 Å². The zero-order chi connectivity index (χ0) is 11.6. The number of carbonyl (C=O) groups excluding carboxylic acids is 1. The van der Waals surface area contributed by atoms with Gasteiger partial charge in [0.1, 0.15) is 6.04 Å². The summed E-state index contributed by atoms with van der Waals surface area (Å²) in [5, 5.41) is 11.1. The zero-order valence-electron chi connectivity index (χ0n) is 8.13. The van der Waals surface area contributed by atoms with Gasteiger partial charge in [0, 0.05) is 6.54 Å². The maximum Gasteiger partial charge on any atom is 0.323 e. The molecule has 0 aliphatic carbocycles. The van der Waals surface area contributed by atoms with E-state index in [1.807, 2.05) is 0 Å². The highest BCUT2D eigenvalue weighted by Crippen LogP contribution is 2.11. The summed E-state index contributed by atoms with van der Waals surface area (Å²) in [6.45, 7) is 0.793. The third-order valence-corrected chi connectivity index (χ3v) is 3.97. The molecule has 86 valence electrons. The molecule has 0 aromatic carbocycles. The number of nitrogens with one attached hydrogen (secondary N) is 1. The predicted octanol–water partition coefficient (Wildman–Crippen LogP) is -1.78. The Morgan fingerprint density at radius 2 is 2.27 bits per heavy atom. The van der Waals surface area contributed by atoms with Crippen LogP contribution in [0.3, 0.4) is 0 Å². The van der Waals surface area contributed by atoms with E-state index in [9.17, 15) is 18.0 Å². The van der Waals surface area contributed by atoms with Crippen molar-refractivity contribution in [3.63, 3.8) is 0 Å². The van der Waals surface area contributed by atoms with Gasteiger partial charge < -0.3 is 10.4 Å². The summed E-state index contributed by atoms with van der Waals surface area (Å²) in [6, 6.07) is -1.20. The van der Waals surface area contributed by atoms with Crippen LogP contribution in [-0.2, 0) is 19.6 Å². The summed E-state index contributed by atoms with van der Waals surface area (Å²) < 4.78 is 23.7. The number of amides is 1. The number of hydrogen-bond acceptors (Lipinski definition) is 4. The first kappa shape index (κ1) is 11.9. The SMILES string of the molecule is CCS(=O)(=O)N1CC(=O)NCC1C(=O)O. The van der Waals surface area contributed by atoms with Gasteiger partial charge in [-0.1, -0.05) is 0 Å². The molecule has 2 N–H and O–H groups in total. The van der Waals surface area contributed by atoms with Crippen LogP contribution in [0.2, 0.25) is 0 Å². The normalized spacial score (nSPS) is 23.5. The summed E-state index contributed by atoms with van der Waals surface area (Å²) in [6.07, 6.45) is 0. The van der Waals surface area contributed by atoms with Gasteiger partial charge in [0.05, 0.1) is 12.3 Å². The fourth-order valence-electron chi connectivity index (χ4n) is 1.29. The Morgan fingerprint density at radius 1 is 1.67 bits per heavy atom. The number of carbonyl (C=O) groups is 2. The van der Waals surface area contributed by atoms with Gasteiger partial charge in [-0.05, 0) is 6.92 Å². The summed E-state index contributed by atoms with van der Waals surface area (Å²) in [5.74, 6) is -1.96. The van der Waals surface area contributed by atoms with E-state index >= 15 is 0 Å². The predicted molar refractivity (Wildman–Crippen MR) is 50.6 cm³/mol. The molecule has 0 spiro atoms. The van der Waals surface area contributed by atoms with Gasteiger partial charge in [-0.15, -0.1) is 0 Å². The maximum absolute atomic E-state index is 11.5. The lowest BCUT2D eigenvalue weighted by molar-refractivity contribution is -0.143. The third-order valence-electron chi connectivity index (χ3n) is 2.15. The van der Waals surface area contributed by atoms with Gasteiger partial charge >= 0.3 is 5.97 Å². The van der Waals surface area contributed by atoms with Crippen molar-refractivity contribution in [2.45, 2.75) is 13.0 Å². The van der Waals surface area contributed by atoms with Crippen molar-refractivity contribution in [2.24, 2.45) is 0 Å². The van der Waals surface area contributed by atoms with Gasteiger partial charge in [-0.3, -0.25) is 9.59 Å². The molecule has 1 heterocycles. The van der Waals surface area contributed by atoms with Crippen LogP contribution >= 0.6 is 0 Å². The van der Waals surface area contributed by atoms with Crippen LogP contribution in [-0.4, -0.2) is 54.6 Å². The molecule has 8 heteroatoms. The Morgan fingerprint density at radius 3 is 2.73 bits per heavy atom. The first-order chi connectivity index (χ1) is 6.88. The summed E-state index contributed by atoms with van der Waals surface area (Å²) in [5.41, 5.74) is 0. The van der Waals surface area contributed by atoms with E-state index in [4.69, 9.17) is 5.11 Å². The van der Waals surface area contributed by atoms with E-state index in [0.717, 1.165) is 4.31 Å². The minimum atomic E-state index is -3.66. The summed E-state index contributed by atoms with van der Waals surface area (Å²) in [4.78, 5) is 21.8. The van der Waals surface area contributed by atoms with Crippen molar-refractivity contribution in [1.29, 1.82) is 0 Å². The monoisotopic (exact) mass is 236 g/mol. The van der Waals surface area contributed by atoms with Gasteiger partial charge in [0.2, 0.25) is 15.9 Å². The summed E-state index contributed by atoms with van der Waals surface area (Å²) >= 11 is 0. The largest absolute Gasteiger partial charge is 0.480 e. The van der Waals surface area contributed by atoms with Gasteiger partial charge in [-0.2, -0.15) is 4.31 Å². The van der Waals surface area contributed by atoms with Crippen molar-refractivity contribution in [3.05, 3.63) is 0 Å². The fourth-order valence-corrected chi connectivity index (χ4v) is 2.49. The van der Waals surface area contributed by atoms with E-state index in [1.165, 1.54) is 6.92 Å². The van der Waals surface area contributed by atoms with Crippen LogP contribution in [0.4, 0.5) is 0 Å². The van der Waals surface area contributed by atoms with Crippen LogP contribution in [0.25, 0.3) is 0 Å². The molecule has 1 aliphatic heterocycles. The minimum absolute atomic E-state index is 0.187. The molecule has 15 heavy (non-hydrogen) atoms. The average Bonchev–Trinajstić information content (AvgIpc) is 2.17. The quantitative estimate of drug-likeness (QED) is 0.603. The van der Waals surface area contributed by atoms with Crippen LogP contribution < -0.4 is 5.32 Å². The Balaban J connectivity index is 2.99. The molecule has 1 amide bonds. The number of piperazine rings is 1. The Hall–Kier alpha value is -1.15. The van der Waals surface area contributed by atoms with Crippen LogP contribution in [0.1, 0.15) is 6.92 Å². The highest BCUT2D eigenvalue weighted by atomic mass is 32.2. The van der Waals surface area contributed by atoms with Gasteiger partial charge in [0.15, 0.2) is 0 Å². The summed E-state index contributed by atoms with van der Waals surface area (Å²) in [7, 11) is -3.66. The lowest BCUT2D eigenvalue weighted by Gasteiger charge is -2.31. The third kappa shape index (κ3) is 2.45. The topological polar surface area (TPSA) is 104 Å². The van der Waals surface area contributed by atoms with Crippen molar-refractivity contribution in [2.75, 3.05) is 18.8 Å². The number of carboxylic acids is 1. The second-order valence-electron chi connectivity index (χ2n) is 3.10. The number of aliphatic carboxylic acids is 1. The lowest BCUT2D eigenvalue weighted by Crippen LogP contribution is -2.59. The lowest BCUT2D eigenvalue weighted by atomic mass is 10.2. The number of hydrogen-bond donors (Lipinski definition) is 2. The van der Waals surface area contributed by atoms with E-state index in [-0.39, 0.29) is 12.3 Å². The highest BCUT2D eigenvalue weighted by molar-refractivity contribution is 7.89. The van der Waals surface area contributed by atoms with Crippen LogP contribution in [0.5, 0.6) is 0 Å². The molecule has 0 aromatic heterocycles.